The van der Waals surface area contributed by atoms with E-state index in [9.17, 15) is 4.79 Å². The van der Waals surface area contributed by atoms with E-state index in [1.807, 2.05) is 31.2 Å². The third-order valence-corrected chi connectivity index (χ3v) is 4.00. The zero-order valence-electron chi connectivity index (χ0n) is 14.5. The van der Waals surface area contributed by atoms with E-state index >= 15 is 0 Å². The Bertz CT molecular complexity index is 552. The zero-order chi connectivity index (χ0) is 17.2. The number of ether oxygens (including phenoxy) is 1. The number of nitrogens with two attached hydrogens (primary N) is 1. The van der Waals surface area contributed by atoms with E-state index in [4.69, 9.17) is 10.5 Å². The number of carbonyl (C=O) groups is 1. The van der Waals surface area contributed by atoms with Crippen molar-refractivity contribution in [2.45, 2.75) is 39.2 Å². The monoisotopic (exact) mass is 332 g/mol. The predicted octanol–water partition coefficient (Wildman–Crippen LogP) is 1.89. The minimum atomic E-state index is -0.119. The topological polar surface area (TPSA) is 79.9 Å². The number of hydrogen-bond acceptors (Lipinski definition) is 3. The van der Waals surface area contributed by atoms with Gasteiger partial charge in [-0.15, -0.1) is 0 Å². The number of rotatable bonds is 6. The van der Waals surface area contributed by atoms with Crippen LogP contribution in [0.4, 0.5) is 0 Å². The molecule has 3 N–H and O–H groups in total. The summed E-state index contributed by atoms with van der Waals surface area (Å²) >= 11 is 0. The van der Waals surface area contributed by atoms with Crippen molar-refractivity contribution in [1.29, 1.82) is 0 Å². The number of carbonyl (C=O) groups excluding carboxylic acids is 1. The highest BCUT2D eigenvalue weighted by Gasteiger charge is 2.10. The van der Waals surface area contributed by atoms with Crippen LogP contribution in [0.25, 0.3) is 0 Å². The van der Waals surface area contributed by atoms with Crippen LogP contribution in [0.2, 0.25) is 0 Å². The molecule has 1 aliphatic heterocycles. The van der Waals surface area contributed by atoms with Gasteiger partial charge in [0.1, 0.15) is 5.75 Å². The average Bonchev–Trinajstić information content (AvgIpc) is 2.88. The van der Waals surface area contributed by atoms with Crippen molar-refractivity contribution >= 4 is 11.9 Å². The number of hydrogen-bond donors (Lipinski definition) is 2. The van der Waals surface area contributed by atoms with E-state index in [1.165, 1.54) is 25.7 Å². The van der Waals surface area contributed by atoms with Gasteiger partial charge < -0.3 is 20.7 Å². The zero-order valence-corrected chi connectivity index (χ0v) is 14.5. The van der Waals surface area contributed by atoms with Crippen molar-refractivity contribution in [3.8, 4) is 5.75 Å². The fraction of sp³-hybridized carbons (Fsp3) is 0.556. The van der Waals surface area contributed by atoms with Crippen LogP contribution < -0.4 is 15.8 Å². The molecule has 132 valence electrons. The maximum Gasteiger partial charge on any atom is 0.257 e. The van der Waals surface area contributed by atoms with E-state index in [2.05, 4.69) is 15.2 Å². The number of likely N-dealkylation sites (tertiary alicyclic amines) is 1. The van der Waals surface area contributed by atoms with Crippen LogP contribution in [0.5, 0.6) is 5.75 Å². The van der Waals surface area contributed by atoms with Crippen LogP contribution in [-0.4, -0.2) is 43.0 Å². The second-order valence-electron chi connectivity index (χ2n) is 5.97. The van der Waals surface area contributed by atoms with Gasteiger partial charge in [-0.3, -0.25) is 4.79 Å². The van der Waals surface area contributed by atoms with E-state index in [-0.39, 0.29) is 12.5 Å². The third-order valence-electron chi connectivity index (χ3n) is 4.00. The summed E-state index contributed by atoms with van der Waals surface area (Å²) in [4.78, 5) is 18.1. The number of nitrogens with zero attached hydrogens (tertiary/aromatic N) is 2. The smallest absolute Gasteiger partial charge is 0.257 e. The van der Waals surface area contributed by atoms with Gasteiger partial charge in [-0.2, -0.15) is 0 Å². The van der Waals surface area contributed by atoms with E-state index < -0.39 is 0 Å². The summed E-state index contributed by atoms with van der Waals surface area (Å²) in [6.07, 6.45) is 4.91. The molecule has 0 atom stereocenters. The van der Waals surface area contributed by atoms with E-state index in [0.717, 1.165) is 18.7 Å². The number of aliphatic imine (C=N–C) groups is 1. The maximum atomic E-state index is 11.4. The summed E-state index contributed by atoms with van der Waals surface area (Å²) < 4.78 is 5.50. The maximum absolute atomic E-state index is 11.4. The molecular weight excluding hydrogens is 304 g/mol. The molecular formula is C18H28N4O2. The van der Waals surface area contributed by atoms with Crippen LogP contribution in [0, 0.1) is 0 Å². The van der Waals surface area contributed by atoms with Crippen molar-refractivity contribution in [2.75, 3.05) is 26.2 Å². The van der Waals surface area contributed by atoms with Crippen molar-refractivity contribution in [3.05, 3.63) is 29.8 Å². The average molecular weight is 332 g/mol. The van der Waals surface area contributed by atoms with Crippen LogP contribution in [0.3, 0.4) is 0 Å². The van der Waals surface area contributed by atoms with E-state index in [1.54, 1.807) is 0 Å². The lowest BCUT2D eigenvalue weighted by atomic mass is 10.2. The van der Waals surface area contributed by atoms with E-state index in [0.29, 0.717) is 24.8 Å². The predicted molar refractivity (Wildman–Crippen MR) is 96.0 cm³/mol. The molecule has 1 aliphatic rings. The number of guanidine groups is 1. The number of likely N-dealkylation sites (N-methyl/N-ethyl adjacent to an activating group) is 1. The minimum absolute atomic E-state index is 0.0243. The van der Waals surface area contributed by atoms with Crippen LogP contribution >= 0.6 is 0 Å². The number of amides is 1. The first kappa shape index (κ1) is 18.1. The quantitative estimate of drug-likeness (QED) is 0.616. The van der Waals surface area contributed by atoms with Gasteiger partial charge in [-0.25, -0.2) is 4.99 Å². The molecule has 0 aromatic heterocycles. The molecule has 6 nitrogen and oxygen atoms in total. The largest absolute Gasteiger partial charge is 0.484 e. The fourth-order valence-electron chi connectivity index (χ4n) is 2.70. The Morgan fingerprint density at radius 2 is 2.04 bits per heavy atom. The van der Waals surface area contributed by atoms with Crippen LogP contribution in [-0.2, 0) is 11.3 Å². The van der Waals surface area contributed by atoms with Crippen LogP contribution in [0.1, 0.15) is 38.2 Å². The molecule has 2 rings (SSSR count). The van der Waals surface area contributed by atoms with Gasteiger partial charge in [0.2, 0.25) is 0 Å². The molecule has 1 heterocycles. The lowest BCUT2D eigenvalue weighted by molar-refractivity contribution is -0.122. The first-order valence-corrected chi connectivity index (χ1v) is 8.72. The Hall–Kier alpha value is -2.24. The summed E-state index contributed by atoms with van der Waals surface area (Å²) in [6.45, 7) is 5.01. The molecule has 0 unspecified atom stereocenters. The van der Waals surface area contributed by atoms with Gasteiger partial charge in [-0.1, -0.05) is 25.0 Å². The lowest BCUT2D eigenvalue weighted by Gasteiger charge is -2.21. The molecule has 6 heteroatoms. The molecule has 0 bridgehead atoms. The Labute approximate surface area is 144 Å². The number of benzene rings is 1. The third kappa shape index (κ3) is 6.10. The van der Waals surface area contributed by atoms with Crippen molar-refractivity contribution in [1.82, 2.24) is 10.2 Å². The molecule has 0 spiro atoms. The molecule has 24 heavy (non-hydrogen) atoms. The molecule has 0 radical (unpaired) electrons. The lowest BCUT2D eigenvalue weighted by Crippen LogP contribution is -2.38. The molecule has 1 aromatic carbocycles. The first-order chi connectivity index (χ1) is 11.7. The van der Waals surface area contributed by atoms with Crippen molar-refractivity contribution < 1.29 is 9.53 Å². The Morgan fingerprint density at radius 1 is 1.29 bits per heavy atom. The van der Waals surface area contributed by atoms with Gasteiger partial charge in [0.25, 0.3) is 5.91 Å². The normalized spacial score (nSPS) is 15.7. The Balaban J connectivity index is 1.88. The summed E-state index contributed by atoms with van der Waals surface area (Å²) in [6, 6.07) is 7.63. The van der Waals surface area contributed by atoms with Gasteiger partial charge >= 0.3 is 0 Å². The molecule has 1 aromatic rings. The molecule has 0 aliphatic carbocycles. The Kier molecular flexibility index (Phi) is 7.39. The second-order valence-corrected chi connectivity index (χ2v) is 5.97. The van der Waals surface area contributed by atoms with Gasteiger partial charge in [0.05, 0.1) is 6.54 Å². The second kappa shape index (κ2) is 9.80. The minimum Gasteiger partial charge on any atom is -0.484 e. The Morgan fingerprint density at radius 3 is 2.75 bits per heavy atom. The molecule has 1 saturated heterocycles. The highest BCUT2D eigenvalue weighted by atomic mass is 16.5. The SMILES string of the molecule is CCNC(=O)COc1cccc(CN=C(N)N2CCCCCC2)c1. The molecule has 1 amide bonds. The summed E-state index contributed by atoms with van der Waals surface area (Å²) in [7, 11) is 0. The summed E-state index contributed by atoms with van der Waals surface area (Å²) in [5.74, 6) is 1.17. The van der Waals surface area contributed by atoms with Crippen molar-refractivity contribution in [2.24, 2.45) is 10.7 Å². The van der Waals surface area contributed by atoms with Gasteiger partial charge in [0.15, 0.2) is 12.6 Å². The molecule has 0 saturated carbocycles. The summed E-state index contributed by atoms with van der Waals surface area (Å²) in [5.41, 5.74) is 7.14. The fourth-order valence-corrected chi connectivity index (χ4v) is 2.70. The standard InChI is InChI=1S/C18H28N4O2/c1-2-20-17(23)14-24-16-9-7-8-15(12-16)13-21-18(19)22-10-5-3-4-6-11-22/h7-9,12H,2-6,10-11,13-14H2,1H3,(H2,19,21)(H,20,23). The van der Waals surface area contributed by atoms with Crippen molar-refractivity contribution in [3.63, 3.8) is 0 Å². The molecule has 1 fully saturated rings. The highest BCUT2D eigenvalue weighted by molar-refractivity contribution is 5.78. The highest BCUT2D eigenvalue weighted by Crippen LogP contribution is 2.14. The van der Waals surface area contributed by atoms with Gasteiger partial charge in [0, 0.05) is 19.6 Å². The summed E-state index contributed by atoms with van der Waals surface area (Å²) in [5, 5.41) is 2.70. The van der Waals surface area contributed by atoms with Gasteiger partial charge in [-0.05, 0) is 37.5 Å². The first-order valence-electron chi connectivity index (χ1n) is 8.72. The van der Waals surface area contributed by atoms with Crippen LogP contribution in [0.15, 0.2) is 29.3 Å². The number of nitrogens with one attached hydrogen (secondary N) is 1.